The van der Waals surface area contributed by atoms with Crippen LogP contribution in [0.3, 0.4) is 0 Å². The van der Waals surface area contributed by atoms with Crippen molar-refractivity contribution in [2.24, 2.45) is 0 Å². The standard InChI is InChI=1S/C14H15BrN2/c1-9-6-7-11(15)13(8-9)17-14-10(2)4-3-5-12(14)16/h3-8,17H,16H2,1-2H3. The Morgan fingerprint density at radius 3 is 2.59 bits per heavy atom. The van der Waals surface area contributed by atoms with Crippen LogP contribution in [0.5, 0.6) is 0 Å². The molecule has 0 aliphatic heterocycles. The van der Waals surface area contributed by atoms with Crippen LogP contribution in [0.15, 0.2) is 40.9 Å². The molecule has 0 aliphatic rings. The Morgan fingerprint density at radius 2 is 1.88 bits per heavy atom. The third-order valence-corrected chi connectivity index (χ3v) is 3.38. The molecule has 0 saturated carbocycles. The summed E-state index contributed by atoms with van der Waals surface area (Å²) in [5.74, 6) is 0. The van der Waals surface area contributed by atoms with Crippen LogP contribution in [-0.4, -0.2) is 0 Å². The molecule has 0 unspecified atom stereocenters. The number of nitrogens with one attached hydrogen (secondary N) is 1. The van der Waals surface area contributed by atoms with Crippen LogP contribution in [0, 0.1) is 13.8 Å². The molecule has 0 atom stereocenters. The summed E-state index contributed by atoms with van der Waals surface area (Å²) in [5.41, 5.74) is 11.1. The SMILES string of the molecule is Cc1ccc(Br)c(Nc2c(C)cccc2N)c1. The molecule has 2 rings (SSSR count). The second-order valence-corrected chi connectivity index (χ2v) is 5.00. The summed E-state index contributed by atoms with van der Waals surface area (Å²) in [6, 6.07) is 12.1. The Morgan fingerprint density at radius 1 is 1.12 bits per heavy atom. The summed E-state index contributed by atoms with van der Waals surface area (Å²) < 4.78 is 1.03. The number of hydrogen-bond donors (Lipinski definition) is 2. The highest BCUT2D eigenvalue weighted by atomic mass is 79.9. The lowest BCUT2D eigenvalue weighted by atomic mass is 10.1. The second kappa shape index (κ2) is 4.80. The quantitative estimate of drug-likeness (QED) is 0.805. The van der Waals surface area contributed by atoms with Crippen molar-refractivity contribution in [1.29, 1.82) is 0 Å². The Bertz CT molecular complexity index is 530. The van der Waals surface area contributed by atoms with Crippen molar-refractivity contribution >= 4 is 33.0 Å². The van der Waals surface area contributed by atoms with E-state index < -0.39 is 0 Å². The van der Waals surface area contributed by atoms with Gasteiger partial charge in [0.1, 0.15) is 0 Å². The van der Waals surface area contributed by atoms with Crippen molar-refractivity contribution < 1.29 is 0 Å². The highest BCUT2D eigenvalue weighted by molar-refractivity contribution is 9.10. The number of para-hydroxylation sites is 1. The zero-order valence-corrected chi connectivity index (χ0v) is 11.5. The highest BCUT2D eigenvalue weighted by Crippen LogP contribution is 2.31. The van der Waals surface area contributed by atoms with Crippen molar-refractivity contribution in [2.75, 3.05) is 11.1 Å². The van der Waals surface area contributed by atoms with Gasteiger partial charge in [-0.3, -0.25) is 0 Å². The summed E-state index contributed by atoms with van der Waals surface area (Å²) in [7, 11) is 0. The van der Waals surface area contributed by atoms with Crippen molar-refractivity contribution in [3.05, 3.63) is 52.0 Å². The first-order valence-electron chi connectivity index (χ1n) is 5.46. The number of hydrogen-bond acceptors (Lipinski definition) is 2. The molecule has 88 valence electrons. The molecule has 0 saturated heterocycles. The fraction of sp³-hybridized carbons (Fsp3) is 0.143. The van der Waals surface area contributed by atoms with Crippen molar-refractivity contribution in [2.45, 2.75) is 13.8 Å². The fourth-order valence-corrected chi connectivity index (χ4v) is 2.08. The van der Waals surface area contributed by atoms with Gasteiger partial charge in [0, 0.05) is 4.47 Å². The first kappa shape index (κ1) is 12.0. The van der Waals surface area contributed by atoms with Gasteiger partial charge in [0.2, 0.25) is 0 Å². The van der Waals surface area contributed by atoms with E-state index in [0.29, 0.717) is 0 Å². The van der Waals surface area contributed by atoms with Gasteiger partial charge in [-0.05, 0) is 59.1 Å². The third kappa shape index (κ3) is 2.61. The van der Waals surface area contributed by atoms with E-state index in [2.05, 4.69) is 40.3 Å². The van der Waals surface area contributed by atoms with E-state index in [-0.39, 0.29) is 0 Å². The lowest BCUT2D eigenvalue weighted by Crippen LogP contribution is -1.99. The first-order valence-corrected chi connectivity index (χ1v) is 6.25. The van der Waals surface area contributed by atoms with Crippen molar-refractivity contribution in [3.63, 3.8) is 0 Å². The Hall–Kier alpha value is -1.48. The summed E-state index contributed by atoms with van der Waals surface area (Å²) in [5, 5.41) is 3.38. The van der Waals surface area contributed by atoms with Crippen LogP contribution in [0.2, 0.25) is 0 Å². The van der Waals surface area contributed by atoms with Gasteiger partial charge >= 0.3 is 0 Å². The largest absolute Gasteiger partial charge is 0.397 e. The maximum absolute atomic E-state index is 5.98. The lowest BCUT2D eigenvalue weighted by molar-refractivity contribution is 1.40. The molecule has 2 aromatic rings. The number of nitrogen functional groups attached to an aromatic ring is 1. The monoisotopic (exact) mass is 290 g/mol. The summed E-state index contributed by atoms with van der Waals surface area (Å²) in [4.78, 5) is 0. The molecular formula is C14H15BrN2. The average Bonchev–Trinajstić information content (AvgIpc) is 2.28. The first-order chi connectivity index (χ1) is 8.08. The number of halogens is 1. The fourth-order valence-electron chi connectivity index (χ4n) is 1.73. The zero-order chi connectivity index (χ0) is 12.4. The molecule has 0 aromatic heterocycles. The predicted octanol–water partition coefficient (Wildman–Crippen LogP) is 4.39. The topological polar surface area (TPSA) is 38.0 Å². The molecule has 0 fully saturated rings. The molecule has 3 heteroatoms. The van der Waals surface area contributed by atoms with Gasteiger partial charge in [0.15, 0.2) is 0 Å². The van der Waals surface area contributed by atoms with Gasteiger partial charge in [-0.1, -0.05) is 18.2 Å². The van der Waals surface area contributed by atoms with E-state index >= 15 is 0 Å². The van der Waals surface area contributed by atoms with E-state index in [4.69, 9.17) is 5.73 Å². The van der Waals surface area contributed by atoms with Crippen LogP contribution < -0.4 is 11.1 Å². The van der Waals surface area contributed by atoms with Gasteiger partial charge in [0.25, 0.3) is 0 Å². The predicted molar refractivity (Wildman–Crippen MR) is 77.8 cm³/mol. The Kier molecular flexibility index (Phi) is 3.38. The maximum atomic E-state index is 5.98. The molecular weight excluding hydrogens is 276 g/mol. The van der Waals surface area contributed by atoms with E-state index in [9.17, 15) is 0 Å². The van der Waals surface area contributed by atoms with Crippen LogP contribution >= 0.6 is 15.9 Å². The van der Waals surface area contributed by atoms with E-state index in [1.807, 2.05) is 31.2 Å². The third-order valence-electron chi connectivity index (χ3n) is 2.69. The summed E-state index contributed by atoms with van der Waals surface area (Å²) >= 11 is 3.53. The molecule has 0 heterocycles. The number of nitrogens with two attached hydrogens (primary N) is 1. The molecule has 0 bridgehead atoms. The van der Waals surface area contributed by atoms with Gasteiger partial charge < -0.3 is 11.1 Å². The molecule has 0 radical (unpaired) electrons. The number of benzene rings is 2. The molecule has 3 N–H and O–H groups in total. The summed E-state index contributed by atoms with van der Waals surface area (Å²) in [6.45, 7) is 4.11. The summed E-state index contributed by atoms with van der Waals surface area (Å²) in [6.07, 6.45) is 0. The minimum absolute atomic E-state index is 0.762. The van der Waals surface area contributed by atoms with Gasteiger partial charge in [-0.25, -0.2) is 0 Å². The lowest BCUT2D eigenvalue weighted by Gasteiger charge is -2.14. The molecule has 2 nitrogen and oxygen atoms in total. The Balaban J connectivity index is 2.41. The average molecular weight is 291 g/mol. The van der Waals surface area contributed by atoms with Crippen molar-refractivity contribution in [1.82, 2.24) is 0 Å². The minimum Gasteiger partial charge on any atom is -0.397 e. The van der Waals surface area contributed by atoms with Crippen molar-refractivity contribution in [3.8, 4) is 0 Å². The zero-order valence-electron chi connectivity index (χ0n) is 9.92. The second-order valence-electron chi connectivity index (χ2n) is 4.15. The smallest absolute Gasteiger partial charge is 0.0647 e. The van der Waals surface area contributed by atoms with Gasteiger partial charge in [-0.15, -0.1) is 0 Å². The number of aryl methyl sites for hydroxylation is 2. The van der Waals surface area contributed by atoms with E-state index in [0.717, 1.165) is 27.1 Å². The van der Waals surface area contributed by atoms with Crippen LogP contribution in [0.1, 0.15) is 11.1 Å². The molecule has 2 aromatic carbocycles. The minimum atomic E-state index is 0.762. The van der Waals surface area contributed by atoms with Gasteiger partial charge in [0.05, 0.1) is 17.1 Å². The maximum Gasteiger partial charge on any atom is 0.0647 e. The number of rotatable bonds is 2. The highest BCUT2D eigenvalue weighted by Gasteiger charge is 2.05. The van der Waals surface area contributed by atoms with Gasteiger partial charge in [-0.2, -0.15) is 0 Å². The molecule has 17 heavy (non-hydrogen) atoms. The van der Waals surface area contributed by atoms with Crippen LogP contribution in [0.25, 0.3) is 0 Å². The van der Waals surface area contributed by atoms with E-state index in [1.165, 1.54) is 5.56 Å². The normalized spacial score (nSPS) is 10.3. The Labute approximate surface area is 110 Å². The molecule has 0 spiro atoms. The molecule has 0 aliphatic carbocycles. The van der Waals surface area contributed by atoms with Crippen LogP contribution in [-0.2, 0) is 0 Å². The van der Waals surface area contributed by atoms with E-state index in [1.54, 1.807) is 0 Å². The van der Waals surface area contributed by atoms with Crippen LogP contribution in [0.4, 0.5) is 17.1 Å². The number of anilines is 3. The molecule has 0 amide bonds.